The Morgan fingerprint density at radius 3 is 2.59 bits per heavy atom. The van der Waals surface area contributed by atoms with Crippen molar-refractivity contribution in [2.24, 2.45) is 0 Å². The fourth-order valence-corrected chi connectivity index (χ4v) is 2.30. The first-order chi connectivity index (χ1) is 8.04. The smallest absolute Gasteiger partial charge is 0.287 e. The van der Waals surface area contributed by atoms with Crippen LogP contribution in [0.2, 0.25) is 0 Å². The van der Waals surface area contributed by atoms with Crippen LogP contribution < -0.4 is 0 Å². The molecule has 2 atom stereocenters. The van der Waals surface area contributed by atoms with E-state index in [0.717, 1.165) is 18.8 Å². The van der Waals surface area contributed by atoms with Crippen molar-refractivity contribution < 1.29 is 13.9 Å². The molecule has 1 aromatic rings. The topological polar surface area (TPSA) is 42.7 Å². The summed E-state index contributed by atoms with van der Waals surface area (Å²) >= 11 is 5.34. The van der Waals surface area contributed by atoms with E-state index in [-0.39, 0.29) is 18.0 Å². The van der Waals surface area contributed by atoms with Crippen molar-refractivity contribution in [3.63, 3.8) is 0 Å². The van der Waals surface area contributed by atoms with Gasteiger partial charge in [-0.25, -0.2) is 0 Å². The highest BCUT2D eigenvalue weighted by Gasteiger charge is 2.23. The maximum absolute atomic E-state index is 10.9. The van der Waals surface area contributed by atoms with Crippen LogP contribution in [0.1, 0.15) is 30.2 Å². The zero-order valence-corrected chi connectivity index (χ0v) is 10.7. The van der Waals surface area contributed by atoms with Gasteiger partial charge in [-0.3, -0.25) is 9.69 Å². The number of morpholine rings is 1. The fraction of sp³-hybridized carbons (Fsp3) is 0.583. The van der Waals surface area contributed by atoms with Gasteiger partial charge in [-0.15, -0.1) is 0 Å². The van der Waals surface area contributed by atoms with Crippen molar-refractivity contribution in [2.45, 2.75) is 32.6 Å². The van der Waals surface area contributed by atoms with Gasteiger partial charge in [0.05, 0.1) is 18.8 Å². The third-order valence-corrected chi connectivity index (χ3v) is 2.92. The Morgan fingerprint density at radius 1 is 1.41 bits per heavy atom. The van der Waals surface area contributed by atoms with Crippen molar-refractivity contribution >= 4 is 16.8 Å². The largest absolute Gasteiger partial charge is 0.455 e. The molecule has 2 heterocycles. The molecule has 0 amide bonds. The zero-order chi connectivity index (χ0) is 12.4. The molecule has 1 fully saturated rings. The monoisotopic (exact) mass is 257 g/mol. The normalized spacial score (nSPS) is 26.1. The number of rotatable bonds is 3. The van der Waals surface area contributed by atoms with Crippen LogP contribution in [0.4, 0.5) is 0 Å². The van der Waals surface area contributed by atoms with Gasteiger partial charge >= 0.3 is 0 Å². The van der Waals surface area contributed by atoms with E-state index in [1.807, 2.05) is 0 Å². The molecule has 0 spiro atoms. The third kappa shape index (κ3) is 3.31. The van der Waals surface area contributed by atoms with Crippen LogP contribution >= 0.6 is 11.6 Å². The Kier molecular flexibility index (Phi) is 3.86. The Morgan fingerprint density at radius 2 is 2.06 bits per heavy atom. The molecule has 5 heteroatoms. The summed E-state index contributed by atoms with van der Waals surface area (Å²) < 4.78 is 11.0. The van der Waals surface area contributed by atoms with Crippen LogP contribution in [0.15, 0.2) is 16.5 Å². The maximum atomic E-state index is 10.9. The molecule has 0 bridgehead atoms. The molecule has 17 heavy (non-hydrogen) atoms. The summed E-state index contributed by atoms with van der Waals surface area (Å²) in [7, 11) is 0. The Hall–Kier alpha value is -0.840. The number of halogens is 1. The lowest BCUT2D eigenvalue weighted by Gasteiger charge is -2.34. The van der Waals surface area contributed by atoms with E-state index in [2.05, 4.69) is 18.7 Å². The van der Waals surface area contributed by atoms with Crippen molar-refractivity contribution in [3.8, 4) is 0 Å². The third-order valence-electron chi connectivity index (χ3n) is 2.73. The van der Waals surface area contributed by atoms with Crippen molar-refractivity contribution in [1.29, 1.82) is 0 Å². The molecule has 94 valence electrons. The lowest BCUT2D eigenvalue weighted by atomic mass is 10.2. The number of carbonyl (C=O) groups excluding carboxylic acids is 1. The molecular formula is C12H16ClNO3. The molecule has 1 aliphatic rings. The maximum Gasteiger partial charge on any atom is 0.287 e. The van der Waals surface area contributed by atoms with Gasteiger partial charge in [-0.2, -0.15) is 0 Å². The van der Waals surface area contributed by atoms with Crippen LogP contribution in [-0.4, -0.2) is 35.4 Å². The standard InChI is InChI=1S/C12H16ClNO3/c1-8-5-14(6-9(2)16-8)7-10-3-4-11(17-10)12(13)15/h3-4,8-9H,5-7H2,1-2H3. The predicted molar refractivity (Wildman–Crippen MR) is 64.2 cm³/mol. The van der Waals surface area contributed by atoms with Crippen LogP contribution in [0.3, 0.4) is 0 Å². The van der Waals surface area contributed by atoms with E-state index in [1.165, 1.54) is 0 Å². The van der Waals surface area contributed by atoms with Gasteiger partial charge in [0.25, 0.3) is 5.24 Å². The van der Waals surface area contributed by atoms with Gasteiger partial charge in [0, 0.05) is 13.1 Å². The van der Waals surface area contributed by atoms with Gasteiger partial charge in [-0.1, -0.05) is 0 Å². The minimum Gasteiger partial charge on any atom is -0.455 e. The second-order valence-electron chi connectivity index (χ2n) is 4.49. The van der Waals surface area contributed by atoms with Crippen LogP contribution in [0.5, 0.6) is 0 Å². The molecule has 2 unspecified atom stereocenters. The molecule has 0 aliphatic carbocycles. The van der Waals surface area contributed by atoms with E-state index in [9.17, 15) is 4.79 Å². The van der Waals surface area contributed by atoms with Gasteiger partial charge in [0.1, 0.15) is 5.76 Å². The second-order valence-corrected chi connectivity index (χ2v) is 4.83. The van der Waals surface area contributed by atoms with Crippen LogP contribution in [0.25, 0.3) is 0 Å². The number of hydrogen-bond donors (Lipinski definition) is 0. The molecule has 0 radical (unpaired) electrons. The van der Waals surface area contributed by atoms with Crippen molar-refractivity contribution in [3.05, 3.63) is 23.7 Å². The number of hydrogen-bond acceptors (Lipinski definition) is 4. The Labute approximate surface area is 105 Å². The zero-order valence-electron chi connectivity index (χ0n) is 9.98. The van der Waals surface area contributed by atoms with E-state index in [4.69, 9.17) is 20.8 Å². The molecule has 1 aromatic heterocycles. The van der Waals surface area contributed by atoms with Crippen molar-refractivity contribution in [1.82, 2.24) is 4.90 Å². The quantitative estimate of drug-likeness (QED) is 0.779. The highest BCUT2D eigenvalue weighted by Crippen LogP contribution is 2.16. The predicted octanol–water partition coefficient (Wildman–Crippen LogP) is 2.27. The van der Waals surface area contributed by atoms with Gasteiger partial charge in [-0.05, 0) is 37.6 Å². The Bertz CT molecular complexity index is 394. The molecule has 4 nitrogen and oxygen atoms in total. The van der Waals surface area contributed by atoms with Gasteiger partial charge in [0.2, 0.25) is 0 Å². The minimum absolute atomic E-state index is 0.205. The molecular weight excluding hydrogens is 242 g/mol. The SMILES string of the molecule is CC1CN(Cc2ccc(C(=O)Cl)o2)CC(C)O1. The first-order valence-electron chi connectivity index (χ1n) is 5.71. The molecule has 2 rings (SSSR count). The lowest BCUT2D eigenvalue weighted by molar-refractivity contribution is -0.0718. The average Bonchev–Trinajstić information content (AvgIpc) is 2.64. The van der Waals surface area contributed by atoms with Gasteiger partial charge in [0.15, 0.2) is 5.76 Å². The van der Waals surface area contributed by atoms with Crippen LogP contribution in [0, 0.1) is 0 Å². The van der Waals surface area contributed by atoms with Crippen LogP contribution in [-0.2, 0) is 11.3 Å². The van der Waals surface area contributed by atoms with E-state index < -0.39 is 5.24 Å². The highest BCUT2D eigenvalue weighted by atomic mass is 35.5. The summed E-state index contributed by atoms with van der Waals surface area (Å²) in [4.78, 5) is 13.1. The first kappa shape index (κ1) is 12.6. The number of carbonyl (C=O) groups is 1. The van der Waals surface area contributed by atoms with Crippen molar-refractivity contribution in [2.75, 3.05) is 13.1 Å². The molecule has 1 aliphatic heterocycles. The summed E-state index contributed by atoms with van der Waals surface area (Å²) in [5.41, 5.74) is 0. The highest BCUT2D eigenvalue weighted by molar-refractivity contribution is 6.67. The number of furan rings is 1. The fourth-order valence-electron chi connectivity index (χ4n) is 2.20. The van der Waals surface area contributed by atoms with E-state index in [0.29, 0.717) is 6.54 Å². The lowest BCUT2D eigenvalue weighted by Crippen LogP contribution is -2.44. The summed E-state index contributed by atoms with van der Waals surface area (Å²) in [5, 5.41) is -0.556. The molecule has 0 saturated carbocycles. The summed E-state index contributed by atoms with van der Waals surface area (Å²) in [6, 6.07) is 3.40. The average molecular weight is 258 g/mol. The Balaban J connectivity index is 1.97. The van der Waals surface area contributed by atoms with E-state index in [1.54, 1.807) is 12.1 Å². The number of ether oxygens (including phenoxy) is 1. The van der Waals surface area contributed by atoms with E-state index >= 15 is 0 Å². The first-order valence-corrected chi connectivity index (χ1v) is 6.08. The molecule has 0 aromatic carbocycles. The summed E-state index contributed by atoms with van der Waals surface area (Å²) in [6.07, 6.45) is 0.450. The summed E-state index contributed by atoms with van der Waals surface area (Å²) in [5.74, 6) is 0.964. The summed E-state index contributed by atoms with van der Waals surface area (Å²) in [6.45, 7) is 6.53. The second kappa shape index (κ2) is 5.21. The number of nitrogens with zero attached hydrogens (tertiary/aromatic N) is 1. The molecule has 0 N–H and O–H groups in total. The minimum atomic E-state index is -0.556. The molecule has 1 saturated heterocycles. The van der Waals surface area contributed by atoms with Gasteiger partial charge < -0.3 is 9.15 Å².